The van der Waals surface area contributed by atoms with Crippen LogP contribution < -0.4 is 5.32 Å². The number of hydrogen-bond acceptors (Lipinski definition) is 2. The van der Waals surface area contributed by atoms with Crippen LogP contribution in [0.2, 0.25) is 0 Å². The Hall–Kier alpha value is -0.800. The Morgan fingerprint density at radius 1 is 1.47 bits per heavy atom. The molecule has 0 spiro atoms. The summed E-state index contributed by atoms with van der Waals surface area (Å²) in [5, 5.41) is 12.5. The summed E-state index contributed by atoms with van der Waals surface area (Å²) in [6.45, 7) is 6.44. The van der Waals surface area contributed by atoms with Gasteiger partial charge in [-0.3, -0.25) is 0 Å². The van der Waals surface area contributed by atoms with Crippen LogP contribution in [0.1, 0.15) is 19.4 Å². The highest BCUT2D eigenvalue weighted by atomic mass is 16.3. The SMILES string of the molecule is CC(C)C(CO)CNCCc1cc[nH]c1. The van der Waals surface area contributed by atoms with E-state index in [0.717, 1.165) is 19.5 Å². The molecule has 0 aliphatic heterocycles. The average molecular weight is 210 g/mol. The molecule has 1 atom stereocenters. The highest BCUT2D eigenvalue weighted by Gasteiger charge is 2.10. The summed E-state index contributed by atoms with van der Waals surface area (Å²) in [5.74, 6) is 0.908. The lowest BCUT2D eigenvalue weighted by Crippen LogP contribution is -2.30. The predicted molar refractivity (Wildman–Crippen MR) is 62.8 cm³/mol. The summed E-state index contributed by atoms with van der Waals surface area (Å²) in [4.78, 5) is 3.04. The van der Waals surface area contributed by atoms with Gasteiger partial charge in [-0.15, -0.1) is 0 Å². The molecule has 0 aliphatic rings. The van der Waals surface area contributed by atoms with Crippen LogP contribution in [0, 0.1) is 11.8 Å². The van der Waals surface area contributed by atoms with Crippen molar-refractivity contribution in [3.8, 4) is 0 Å². The fraction of sp³-hybridized carbons (Fsp3) is 0.667. The summed E-state index contributed by atoms with van der Waals surface area (Å²) in [5.41, 5.74) is 1.33. The quantitative estimate of drug-likeness (QED) is 0.596. The number of H-pyrrole nitrogens is 1. The molecule has 0 aliphatic carbocycles. The van der Waals surface area contributed by atoms with Gasteiger partial charge in [0, 0.05) is 25.5 Å². The highest BCUT2D eigenvalue weighted by Crippen LogP contribution is 2.08. The van der Waals surface area contributed by atoms with Crippen molar-refractivity contribution in [3.05, 3.63) is 24.0 Å². The summed E-state index contributed by atoms with van der Waals surface area (Å²) >= 11 is 0. The third-order valence-corrected chi connectivity index (χ3v) is 2.84. The third-order valence-electron chi connectivity index (χ3n) is 2.84. The molecule has 1 heterocycles. The van der Waals surface area contributed by atoms with Crippen LogP contribution in [-0.2, 0) is 6.42 Å². The molecule has 3 heteroatoms. The molecule has 3 nitrogen and oxygen atoms in total. The van der Waals surface area contributed by atoms with Gasteiger partial charge in [0.1, 0.15) is 0 Å². The maximum atomic E-state index is 9.13. The van der Waals surface area contributed by atoms with Gasteiger partial charge in [-0.25, -0.2) is 0 Å². The molecule has 1 aromatic rings. The smallest absolute Gasteiger partial charge is 0.0473 e. The van der Waals surface area contributed by atoms with Gasteiger partial charge in [0.05, 0.1) is 0 Å². The van der Waals surface area contributed by atoms with Crippen molar-refractivity contribution in [3.63, 3.8) is 0 Å². The molecule has 3 N–H and O–H groups in total. The standard InChI is InChI=1S/C12H22N2O/c1-10(2)12(9-15)8-14-6-4-11-3-5-13-7-11/h3,5,7,10,12-15H,4,6,8-9H2,1-2H3. The Morgan fingerprint density at radius 2 is 2.27 bits per heavy atom. The number of hydrogen-bond donors (Lipinski definition) is 3. The second-order valence-electron chi connectivity index (χ2n) is 4.36. The monoisotopic (exact) mass is 210 g/mol. The zero-order chi connectivity index (χ0) is 11.1. The maximum absolute atomic E-state index is 9.13. The minimum atomic E-state index is 0.273. The molecule has 1 aromatic heterocycles. The summed E-state index contributed by atoms with van der Waals surface area (Å²) < 4.78 is 0. The predicted octanol–water partition coefficient (Wildman–Crippen LogP) is 1.41. The van der Waals surface area contributed by atoms with Crippen molar-refractivity contribution < 1.29 is 5.11 Å². The van der Waals surface area contributed by atoms with E-state index in [4.69, 9.17) is 5.11 Å². The Bertz CT molecular complexity index is 244. The fourth-order valence-corrected chi connectivity index (χ4v) is 1.55. The van der Waals surface area contributed by atoms with E-state index in [1.54, 1.807) is 0 Å². The maximum Gasteiger partial charge on any atom is 0.0473 e. The largest absolute Gasteiger partial charge is 0.396 e. The molecular weight excluding hydrogens is 188 g/mol. The van der Waals surface area contributed by atoms with Crippen molar-refractivity contribution in [2.75, 3.05) is 19.7 Å². The topological polar surface area (TPSA) is 48.0 Å². The van der Waals surface area contributed by atoms with Gasteiger partial charge in [0.15, 0.2) is 0 Å². The first-order valence-corrected chi connectivity index (χ1v) is 5.67. The van der Waals surface area contributed by atoms with Crippen LogP contribution in [0.25, 0.3) is 0 Å². The summed E-state index contributed by atoms with van der Waals surface area (Å²) in [7, 11) is 0. The number of aliphatic hydroxyl groups excluding tert-OH is 1. The molecule has 1 rings (SSSR count). The van der Waals surface area contributed by atoms with E-state index in [2.05, 4.69) is 30.2 Å². The molecular formula is C12H22N2O. The van der Waals surface area contributed by atoms with Gasteiger partial charge in [0.25, 0.3) is 0 Å². The second-order valence-corrected chi connectivity index (χ2v) is 4.36. The van der Waals surface area contributed by atoms with Crippen molar-refractivity contribution in [2.24, 2.45) is 11.8 Å². The van der Waals surface area contributed by atoms with Crippen molar-refractivity contribution >= 4 is 0 Å². The van der Waals surface area contributed by atoms with Crippen LogP contribution in [0.4, 0.5) is 0 Å². The van der Waals surface area contributed by atoms with Crippen LogP contribution in [-0.4, -0.2) is 29.8 Å². The molecule has 15 heavy (non-hydrogen) atoms. The van der Waals surface area contributed by atoms with Crippen molar-refractivity contribution in [2.45, 2.75) is 20.3 Å². The van der Waals surface area contributed by atoms with Crippen LogP contribution >= 0.6 is 0 Å². The number of aromatic nitrogens is 1. The summed E-state index contributed by atoms with van der Waals surface area (Å²) in [6.07, 6.45) is 5.01. The van der Waals surface area contributed by atoms with Crippen molar-refractivity contribution in [1.82, 2.24) is 10.3 Å². The first-order chi connectivity index (χ1) is 7.24. The van der Waals surface area contributed by atoms with Gasteiger partial charge in [-0.2, -0.15) is 0 Å². The molecule has 0 aromatic carbocycles. The number of nitrogens with one attached hydrogen (secondary N) is 2. The van der Waals surface area contributed by atoms with Crippen LogP contribution in [0.5, 0.6) is 0 Å². The van der Waals surface area contributed by atoms with Gasteiger partial charge < -0.3 is 15.4 Å². The first kappa shape index (κ1) is 12.3. The minimum Gasteiger partial charge on any atom is -0.396 e. The van der Waals surface area contributed by atoms with Crippen LogP contribution in [0.15, 0.2) is 18.5 Å². The normalized spacial score (nSPS) is 13.3. The van der Waals surface area contributed by atoms with E-state index in [1.165, 1.54) is 5.56 Å². The lowest BCUT2D eigenvalue weighted by molar-refractivity contribution is 0.186. The molecule has 1 unspecified atom stereocenters. The van der Waals surface area contributed by atoms with Crippen molar-refractivity contribution in [1.29, 1.82) is 0 Å². The van der Waals surface area contributed by atoms with Gasteiger partial charge in [-0.1, -0.05) is 13.8 Å². The molecule has 0 saturated heterocycles. The van der Waals surface area contributed by atoms with Gasteiger partial charge in [-0.05, 0) is 36.4 Å². The van der Waals surface area contributed by atoms with E-state index in [-0.39, 0.29) is 6.61 Å². The number of aromatic amines is 1. The number of rotatable bonds is 7. The molecule has 86 valence electrons. The molecule has 0 bridgehead atoms. The fourth-order valence-electron chi connectivity index (χ4n) is 1.55. The van der Waals surface area contributed by atoms with E-state index in [0.29, 0.717) is 11.8 Å². The minimum absolute atomic E-state index is 0.273. The lowest BCUT2D eigenvalue weighted by atomic mass is 9.97. The number of aliphatic hydroxyl groups is 1. The Labute approximate surface area is 91.9 Å². The third kappa shape index (κ3) is 4.49. The zero-order valence-corrected chi connectivity index (χ0v) is 9.66. The van der Waals surface area contributed by atoms with Gasteiger partial charge >= 0.3 is 0 Å². The van der Waals surface area contributed by atoms with E-state index in [1.807, 2.05) is 12.4 Å². The van der Waals surface area contributed by atoms with E-state index in [9.17, 15) is 0 Å². The molecule has 0 amide bonds. The Morgan fingerprint density at radius 3 is 2.80 bits per heavy atom. The lowest BCUT2D eigenvalue weighted by Gasteiger charge is -2.18. The Balaban J connectivity index is 2.10. The zero-order valence-electron chi connectivity index (χ0n) is 9.66. The molecule has 0 saturated carbocycles. The molecule has 0 radical (unpaired) electrons. The first-order valence-electron chi connectivity index (χ1n) is 5.67. The van der Waals surface area contributed by atoms with Gasteiger partial charge in [0.2, 0.25) is 0 Å². The van der Waals surface area contributed by atoms with E-state index < -0.39 is 0 Å². The second kappa shape index (κ2) is 6.64. The molecule has 0 fully saturated rings. The van der Waals surface area contributed by atoms with E-state index >= 15 is 0 Å². The van der Waals surface area contributed by atoms with Crippen LogP contribution in [0.3, 0.4) is 0 Å². The summed E-state index contributed by atoms with van der Waals surface area (Å²) in [6, 6.07) is 2.09. The Kier molecular flexibility index (Phi) is 5.43. The highest BCUT2D eigenvalue weighted by molar-refractivity contribution is 5.08. The average Bonchev–Trinajstić information content (AvgIpc) is 2.70.